The van der Waals surface area contributed by atoms with Crippen molar-refractivity contribution in [1.29, 1.82) is 0 Å². The van der Waals surface area contributed by atoms with Gasteiger partial charge in [0.25, 0.3) is 0 Å². The first-order chi connectivity index (χ1) is 6.29. The van der Waals surface area contributed by atoms with E-state index in [-0.39, 0.29) is 0 Å². The monoisotopic (exact) mass is 182 g/mol. The van der Waals surface area contributed by atoms with Gasteiger partial charge in [-0.25, -0.2) is 0 Å². The Morgan fingerprint density at radius 2 is 2.15 bits per heavy atom. The van der Waals surface area contributed by atoms with Gasteiger partial charge in [-0.3, -0.25) is 4.79 Å². The van der Waals surface area contributed by atoms with Gasteiger partial charge in [0.1, 0.15) is 0 Å². The van der Waals surface area contributed by atoms with Gasteiger partial charge < -0.3 is 10.2 Å². The fourth-order valence-corrected chi connectivity index (χ4v) is 1.96. The molecule has 1 heterocycles. The van der Waals surface area contributed by atoms with Crippen molar-refractivity contribution in [3.05, 3.63) is 0 Å². The van der Waals surface area contributed by atoms with Crippen molar-refractivity contribution in [3.63, 3.8) is 0 Å². The van der Waals surface area contributed by atoms with Crippen molar-refractivity contribution in [3.8, 4) is 0 Å². The first kappa shape index (κ1) is 9.00. The average molecular weight is 182 g/mol. The first-order valence-electron chi connectivity index (χ1n) is 5.26. The van der Waals surface area contributed by atoms with Crippen molar-refractivity contribution in [1.82, 2.24) is 10.2 Å². The van der Waals surface area contributed by atoms with Gasteiger partial charge in [-0.15, -0.1) is 0 Å². The van der Waals surface area contributed by atoms with Crippen LogP contribution in [0.1, 0.15) is 25.7 Å². The molecule has 1 aliphatic carbocycles. The van der Waals surface area contributed by atoms with E-state index in [1.54, 1.807) is 0 Å². The molecule has 2 fully saturated rings. The van der Waals surface area contributed by atoms with Crippen LogP contribution < -0.4 is 5.32 Å². The van der Waals surface area contributed by atoms with Crippen molar-refractivity contribution in [2.75, 3.05) is 20.1 Å². The molecule has 0 radical (unpaired) electrons. The minimum atomic E-state index is 0.368. The second-order valence-corrected chi connectivity index (χ2v) is 4.22. The molecule has 0 spiro atoms. The van der Waals surface area contributed by atoms with Crippen LogP contribution in [0, 0.1) is 5.92 Å². The Balaban J connectivity index is 1.86. The van der Waals surface area contributed by atoms with Crippen molar-refractivity contribution >= 4 is 5.91 Å². The number of amides is 1. The van der Waals surface area contributed by atoms with Crippen LogP contribution in [0.3, 0.4) is 0 Å². The van der Waals surface area contributed by atoms with Crippen molar-refractivity contribution in [2.45, 2.75) is 31.7 Å². The van der Waals surface area contributed by atoms with Gasteiger partial charge in [0.2, 0.25) is 5.91 Å². The zero-order valence-electron chi connectivity index (χ0n) is 8.25. The predicted octanol–water partition coefficient (Wildman–Crippen LogP) is 0.607. The van der Waals surface area contributed by atoms with Crippen LogP contribution in [0.25, 0.3) is 0 Å². The Hall–Kier alpha value is -0.570. The zero-order chi connectivity index (χ0) is 9.26. The first-order valence-corrected chi connectivity index (χ1v) is 5.26. The summed E-state index contributed by atoms with van der Waals surface area (Å²) in [7, 11) is 1.96. The van der Waals surface area contributed by atoms with Crippen LogP contribution in [0.5, 0.6) is 0 Å². The second kappa shape index (κ2) is 3.66. The van der Waals surface area contributed by atoms with Crippen LogP contribution in [0.2, 0.25) is 0 Å². The van der Waals surface area contributed by atoms with E-state index in [2.05, 4.69) is 5.32 Å². The number of hydrogen-bond donors (Lipinski definition) is 1. The normalized spacial score (nSPS) is 28.5. The largest absolute Gasteiger partial charge is 0.341 e. The van der Waals surface area contributed by atoms with Gasteiger partial charge in [0.15, 0.2) is 0 Å². The molecule has 13 heavy (non-hydrogen) atoms. The minimum absolute atomic E-state index is 0.368. The molecular formula is C10H18N2O. The molecule has 0 bridgehead atoms. The Bertz CT molecular complexity index is 195. The van der Waals surface area contributed by atoms with Gasteiger partial charge in [-0.2, -0.15) is 0 Å². The summed E-state index contributed by atoms with van der Waals surface area (Å²) in [5.41, 5.74) is 0. The summed E-state index contributed by atoms with van der Waals surface area (Å²) in [6, 6.07) is 0.446. The van der Waals surface area contributed by atoms with Crippen LogP contribution in [0.4, 0.5) is 0 Å². The third-order valence-electron chi connectivity index (χ3n) is 3.09. The maximum atomic E-state index is 11.7. The molecule has 2 rings (SSSR count). The summed E-state index contributed by atoms with van der Waals surface area (Å²) in [5.74, 6) is 0.737. The third kappa shape index (κ3) is 2.02. The number of carbonyl (C=O) groups is 1. The molecule has 2 aliphatic rings. The van der Waals surface area contributed by atoms with E-state index in [9.17, 15) is 4.79 Å². The van der Waals surface area contributed by atoms with Gasteiger partial charge >= 0.3 is 0 Å². The average Bonchev–Trinajstić information content (AvgIpc) is 3.00. The second-order valence-electron chi connectivity index (χ2n) is 4.22. The summed E-state index contributed by atoms with van der Waals surface area (Å²) in [6.45, 7) is 2.09. The maximum Gasteiger partial charge on any atom is 0.225 e. The molecule has 1 saturated heterocycles. The molecule has 0 aromatic rings. The molecule has 0 aromatic heterocycles. The van der Waals surface area contributed by atoms with Gasteiger partial charge in [0, 0.05) is 25.6 Å². The molecule has 3 heteroatoms. The fourth-order valence-electron chi connectivity index (χ4n) is 1.96. The number of likely N-dealkylation sites (N-methyl/N-ethyl adjacent to an activating group) is 1. The lowest BCUT2D eigenvalue weighted by Crippen LogP contribution is -2.47. The molecule has 74 valence electrons. The van der Waals surface area contributed by atoms with E-state index in [0.29, 0.717) is 17.9 Å². The molecule has 1 atom stereocenters. The molecule has 1 aliphatic heterocycles. The van der Waals surface area contributed by atoms with Gasteiger partial charge in [-0.05, 0) is 32.2 Å². The highest BCUT2D eigenvalue weighted by Crippen LogP contribution is 2.31. The highest BCUT2D eigenvalue weighted by Gasteiger charge is 2.34. The molecule has 3 nitrogen and oxygen atoms in total. The van der Waals surface area contributed by atoms with Crippen LogP contribution in [-0.4, -0.2) is 37.0 Å². The van der Waals surface area contributed by atoms with E-state index in [1.807, 2.05) is 11.9 Å². The summed E-state index contributed by atoms with van der Waals surface area (Å²) in [5, 5.41) is 3.34. The number of hydrogen-bond acceptors (Lipinski definition) is 2. The summed E-state index contributed by atoms with van der Waals surface area (Å²) in [6.07, 6.45) is 4.60. The van der Waals surface area contributed by atoms with E-state index in [1.165, 1.54) is 12.8 Å². The Kier molecular flexibility index (Phi) is 2.54. The number of nitrogens with one attached hydrogen (secondary N) is 1. The number of piperidine rings is 1. The Morgan fingerprint density at radius 1 is 1.38 bits per heavy atom. The molecule has 0 unspecified atom stereocenters. The molecule has 1 saturated carbocycles. The van der Waals surface area contributed by atoms with E-state index in [0.717, 1.165) is 25.9 Å². The van der Waals surface area contributed by atoms with Gasteiger partial charge in [0.05, 0.1) is 0 Å². The number of carbonyl (C=O) groups excluding carboxylic acids is 1. The van der Waals surface area contributed by atoms with E-state index < -0.39 is 0 Å². The summed E-state index contributed by atoms with van der Waals surface area (Å²) < 4.78 is 0. The van der Waals surface area contributed by atoms with Gasteiger partial charge in [-0.1, -0.05) is 0 Å². The quantitative estimate of drug-likeness (QED) is 0.678. The molecule has 1 amide bonds. The Morgan fingerprint density at radius 3 is 2.69 bits per heavy atom. The van der Waals surface area contributed by atoms with Crippen LogP contribution >= 0.6 is 0 Å². The smallest absolute Gasteiger partial charge is 0.225 e. The highest BCUT2D eigenvalue weighted by atomic mass is 16.2. The third-order valence-corrected chi connectivity index (χ3v) is 3.09. The summed E-state index contributed by atoms with van der Waals surface area (Å²) >= 11 is 0. The van der Waals surface area contributed by atoms with Crippen molar-refractivity contribution in [2.24, 2.45) is 5.92 Å². The zero-order valence-corrected chi connectivity index (χ0v) is 8.25. The topological polar surface area (TPSA) is 32.3 Å². The molecule has 0 aromatic carbocycles. The standard InChI is InChI=1S/C10H18N2O/c1-12(10(13)8-4-5-8)9-3-2-6-11-7-9/h8-9,11H,2-7H2,1H3/t9-/m1/s1. The summed E-state index contributed by atoms with van der Waals surface area (Å²) in [4.78, 5) is 13.7. The van der Waals surface area contributed by atoms with Crippen molar-refractivity contribution < 1.29 is 4.79 Å². The van der Waals surface area contributed by atoms with Crippen LogP contribution in [0.15, 0.2) is 0 Å². The Labute approximate surface area is 79.5 Å². The fraction of sp³-hybridized carbons (Fsp3) is 0.900. The number of rotatable bonds is 2. The molecule has 1 N–H and O–H groups in total. The lowest BCUT2D eigenvalue weighted by molar-refractivity contribution is -0.133. The maximum absolute atomic E-state index is 11.7. The van der Waals surface area contributed by atoms with Crippen LogP contribution in [-0.2, 0) is 4.79 Å². The predicted molar refractivity (Wildman–Crippen MR) is 51.4 cm³/mol. The molecular weight excluding hydrogens is 164 g/mol. The lowest BCUT2D eigenvalue weighted by atomic mass is 10.1. The highest BCUT2D eigenvalue weighted by molar-refractivity contribution is 5.81. The minimum Gasteiger partial charge on any atom is -0.341 e. The SMILES string of the molecule is CN(C(=O)C1CC1)[C@@H]1CCCNC1. The lowest BCUT2D eigenvalue weighted by Gasteiger charge is -2.31. The van der Waals surface area contributed by atoms with E-state index >= 15 is 0 Å². The number of nitrogens with zero attached hydrogens (tertiary/aromatic N) is 1. The van der Waals surface area contributed by atoms with E-state index in [4.69, 9.17) is 0 Å².